The Balaban J connectivity index is 3.36. The summed E-state index contributed by atoms with van der Waals surface area (Å²) in [4.78, 5) is 0. The Bertz CT molecular complexity index is 315. The molecule has 1 aliphatic carbocycles. The van der Waals surface area contributed by atoms with Gasteiger partial charge >= 0.3 is 17.8 Å². The van der Waals surface area contributed by atoms with Crippen LogP contribution in [0.1, 0.15) is 19.8 Å². The van der Waals surface area contributed by atoms with E-state index in [1.165, 1.54) is 0 Å². The van der Waals surface area contributed by atoms with Gasteiger partial charge in [-0.3, -0.25) is 0 Å². The Hall–Kier alpha value is -0.630. The van der Waals surface area contributed by atoms with Gasteiger partial charge in [0, 0.05) is 13.3 Å². The van der Waals surface area contributed by atoms with Crippen molar-refractivity contribution < 1.29 is 39.5 Å². The summed E-state index contributed by atoms with van der Waals surface area (Å²) in [5, 5.41) is 0. The first-order chi connectivity index (χ1) is 7.21. The summed E-state index contributed by atoms with van der Waals surface area (Å²) >= 11 is 0. The van der Waals surface area contributed by atoms with E-state index in [1.807, 2.05) is 0 Å². The smallest absolute Gasteiger partial charge is 0.230 e. The lowest BCUT2D eigenvalue weighted by atomic mass is 9.74. The molecule has 1 saturated carbocycles. The van der Waals surface area contributed by atoms with Crippen LogP contribution in [-0.2, 0) is 0 Å². The molecule has 102 valence electrons. The zero-order valence-electron chi connectivity index (χ0n) is 8.32. The summed E-state index contributed by atoms with van der Waals surface area (Å²) in [6.45, 7) is -0.347. The molecule has 0 saturated heterocycles. The minimum Gasteiger partial charge on any atom is -0.230 e. The first-order valence-corrected chi connectivity index (χ1v) is 4.41. The Kier molecular flexibility index (Phi) is 2.74. The molecule has 0 radical (unpaired) electrons. The second-order valence-corrected chi connectivity index (χ2v) is 4.04. The lowest BCUT2D eigenvalue weighted by Crippen LogP contribution is -2.72. The molecule has 1 unspecified atom stereocenters. The summed E-state index contributed by atoms with van der Waals surface area (Å²) in [6.07, 6.45) is -4.12. The molecule has 0 aromatic rings. The molecule has 1 rings (SSSR count). The average Bonchev–Trinajstić information content (AvgIpc) is 2.09. The summed E-state index contributed by atoms with van der Waals surface area (Å²) in [7, 11) is 0. The van der Waals surface area contributed by atoms with E-state index in [9.17, 15) is 39.5 Å². The molecular weight excluding hydrogens is 267 g/mol. The van der Waals surface area contributed by atoms with Gasteiger partial charge in [0.15, 0.2) is 0 Å². The lowest BCUT2D eigenvalue weighted by molar-refractivity contribution is -0.394. The first-order valence-electron chi connectivity index (χ1n) is 4.41. The van der Waals surface area contributed by atoms with E-state index in [-0.39, 0.29) is 6.92 Å². The van der Waals surface area contributed by atoms with Gasteiger partial charge < -0.3 is 0 Å². The normalized spacial score (nSPS) is 35.6. The molecule has 0 heterocycles. The van der Waals surface area contributed by atoms with Crippen molar-refractivity contribution >= 4 is 0 Å². The number of rotatable bonds is 1. The van der Waals surface area contributed by atoms with Gasteiger partial charge in [-0.15, -0.1) is 0 Å². The average molecular weight is 274 g/mol. The zero-order valence-corrected chi connectivity index (χ0v) is 8.32. The van der Waals surface area contributed by atoms with Crippen LogP contribution in [0.25, 0.3) is 0 Å². The first kappa shape index (κ1) is 14.4. The molecule has 1 fully saturated rings. The summed E-state index contributed by atoms with van der Waals surface area (Å²) in [5.74, 6) is -22.4. The molecule has 1 aliphatic rings. The van der Waals surface area contributed by atoms with Crippen molar-refractivity contribution in [3.63, 3.8) is 0 Å². The molecule has 0 amide bonds. The Labute approximate surface area is 89.8 Å². The van der Waals surface area contributed by atoms with Crippen LogP contribution in [0, 0.1) is 0 Å². The SMILES string of the molecule is CC(F)(F)C1(F)CCC(F)(F)C(F)(F)C1(F)F. The second-order valence-electron chi connectivity index (χ2n) is 4.04. The molecule has 9 heteroatoms. The van der Waals surface area contributed by atoms with E-state index < -0.39 is 42.2 Å². The Morgan fingerprint density at radius 1 is 0.765 bits per heavy atom. The van der Waals surface area contributed by atoms with Crippen LogP contribution < -0.4 is 0 Å². The fourth-order valence-corrected chi connectivity index (χ4v) is 1.62. The van der Waals surface area contributed by atoms with Crippen molar-refractivity contribution in [2.75, 3.05) is 0 Å². The largest absolute Gasteiger partial charge is 0.375 e. The van der Waals surface area contributed by atoms with Crippen LogP contribution in [0.4, 0.5) is 39.5 Å². The molecule has 0 nitrogen and oxygen atoms in total. The predicted molar refractivity (Wildman–Crippen MR) is 38.5 cm³/mol. The molecule has 17 heavy (non-hydrogen) atoms. The van der Waals surface area contributed by atoms with E-state index in [2.05, 4.69) is 0 Å². The van der Waals surface area contributed by atoms with Gasteiger partial charge in [-0.2, -0.15) is 26.3 Å². The summed E-state index contributed by atoms with van der Waals surface area (Å²) in [6, 6.07) is 0. The third-order valence-corrected chi connectivity index (χ3v) is 2.83. The molecule has 1 atom stereocenters. The molecule has 0 bridgehead atoms. The molecular formula is C8H7F9. The van der Waals surface area contributed by atoms with Crippen LogP contribution in [0.15, 0.2) is 0 Å². The third kappa shape index (κ3) is 1.53. The van der Waals surface area contributed by atoms with Crippen LogP contribution in [0.3, 0.4) is 0 Å². The highest BCUT2D eigenvalue weighted by atomic mass is 19.4. The second kappa shape index (κ2) is 3.23. The molecule has 0 spiro atoms. The van der Waals surface area contributed by atoms with Gasteiger partial charge in [-0.25, -0.2) is 13.2 Å². The van der Waals surface area contributed by atoms with Gasteiger partial charge in [-0.05, 0) is 6.42 Å². The van der Waals surface area contributed by atoms with Crippen molar-refractivity contribution in [2.45, 2.75) is 49.1 Å². The predicted octanol–water partition coefficient (Wildman–Crippen LogP) is 4.05. The van der Waals surface area contributed by atoms with Crippen molar-refractivity contribution in [1.29, 1.82) is 0 Å². The van der Waals surface area contributed by atoms with Crippen molar-refractivity contribution in [1.82, 2.24) is 0 Å². The fourth-order valence-electron chi connectivity index (χ4n) is 1.62. The van der Waals surface area contributed by atoms with Crippen LogP contribution >= 0.6 is 0 Å². The summed E-state index contributed by atoms with van der Waals surface area (Å²) in [5.41, 5.74) is -4.99. The fraction of sp³-hybridized carbons (Fsp3) is 1.00. The van der Waals surface area contributed by atoms with Crippen molar-refractivity contribution in [2.24, 2.45) is 0 Å². The lowest BCUT2D eigenvalue weighted by Gasteiger charge is -2.47. The maximum absolute atomic E-state index is 13.4. The highest BCUT2D eigenvalue weighted by Crippen LogP contribution is 2.62. The standard InChI is InChI=1S/C8H7F9/c1-4(9,10)5(11)2-3-6(12,13)8(16,17)7(5,14)15/h2-3H2,1H3. The molecule has 0 aromatic carbocycles. The molecule has 0 aromatic heterocycles. The highest BCUT2D eigenvalue weighted by Gasteiger charge is 2.86. The van der Waals surface area contributed by atoms with E-state index in [4.69, 9.17) is 0 Å². The number of alkyl halides is 9. The topological polar surface area (TPSA) is 0 Å². The van der Waals surface area contributed by atoms with Gasteiger partial charge in [0.25, 0.3) is 5.92 Å². The number of hydrogen-bond acceptors (Lipinski definition) is 0. The van der Waals surface area contributed by atoms with Gasteiger partial charge in [0.1, 0.15) is 0 Å². The minimum atomic E-state index is -6.16. The third-order valence-electron chi connectivity index (χ3n) is 2.83. The molecule has 0 N–H and O–H groups in total. The maximum Gasteiger partial charge on any atom is 0.375 e. The van der Waals surface area contributed by atoms with E-state index in [0.717, 1.165) is 0 Å². The van der Waals surface area contributed by atoms with Crippen LogP contribution in [-0.4, -0.2) is 29.4 Å². The quantitative estimate of drug-likeness (QED) is 0.633. The van der Waals surface area contributed by atoms with E-state index in [0.29, 0.717) is 0 Å². The molecule has 0 aliphatic heterocycles. The Morgan fingerprint density at radius 2 is 1.18 bits per heavy atom. The van der Waals surface area contributed by atoms with Crippen molar-refractivity contribution in [3.8, 4) is 0 Å². The van der Waals surface area contributed by atoms with E-state index in [1.54, 1.807) is 0 Å². The summed E-state index contributed by atoms with van der Waals surface area (Å²) < 4.78 is 115. The van der Waals surface area contributed by atoms with Gasteiger partial charge in [0.2, 0.25) is 5.67 Å². The minimum absolute atomic E-state index is 0.347. The Morgan fingerprint density at radius 3 is 1.53 bits per heavy atom. The van der Waals surface area contributed by atoms with Gasteiger partial charge in [0.05, 0.1) is 0 Å². The maximum atomic E-state index is 13.4. The number of hydrogen-bond donors (Lipinski definition) is 0. The van der Waals surface area contributed by atoms with E-state index >= 15 is 0 Å². The highest BCUT2D eigenvalue weighted by molar-refractivity contribution is 5.16. The van der Waals surface area contributed by atoms with Gasteiger partial charge in [-0.1, -0.05) is 0 Å². The van der Waals surface area contributed by atoms with Crippen molar-refractivity contribution in [3.05, 3.63) is 0 Å². The number of halogens is 9. The zero-order chi connectivity index (χ0) is 13.9. The monoisotopic (exact) mass is 274 g/mol. The van der Waals surface area contributed by atoms with Crippen LogP contribution in [0.2, 0.25) is 0 Å². The van der Waals surface area contributed by atoms with Crippen LogP contribution in [0.5, 0.6) is 0 Å².